The molecule has 0 radical (unpaired) electrons. The van der Waals surface area contributed by atoms with Gasteiger partial charge in [-0.05, 0) is 49.2 Å². The van der Waals surface area contributed by atoms with E-state index in [1.165, 1.54) is 6.26 Å². The number of aryl methyl sites for hydroxylation is 1. The van der Waals surface area contributed by atoms with Gasteiger partial charge in [0.15, 0.2) is 21.3 Å². The van der Waals surface area contributed by atoms with Crippen molar-refractivity contribution in [2.24, 2.45) is 0 Å². The quantitative estimate of drug-likeness (QED) is 0.863. The molecule has 6 nitrogen and oxygen atoms in total. The fourth-order valence-corrected chi connectivity index (χ4v) is 3.33. The number of anilines is 1. The number of hydrogen-bond acceptors (Lipinski definition) is 6. The van der Waals surface area contributed by atoms with Crippen molar-refractivity contribution in [1.82, 2.24) is 4.98 Å². The smallest absolute Gasteiger partial charge is 0.179 e. The first kappa shape index (κ1) is 18.1. The van der Waals surface area contributed by atoms with Gasteiger partial charge in [0.05, 0.1) is 20.3 Å². The molecule has 0 saturated heterocycles. The Balaban J connectivity index is 2.40. The number of hydrogen-bond donors (Lipinski definition) is 1. The fraction of sp³-hybridized carbons (Fsp3) is 0.353. The van der Waals surface area contributed by atoms with Gasteiger partial charge in [0.25, 0.3) is 0 Å². The van der Waals surface area contributed by atoms with Gasteiger partial charge in [-0.1, -0.05) is 0 Å². The van der Waals surface area contributed by atoms with Crippen LogP contribution >= 0.6 is 0 Å². The van der Waals surface area contributed by atoms with Crippen LogP contribution in [0.3, 0.4) is 0 Å². The molecule has 0 aliphatic carbocycles. The Morgan fingerprint density at radius 2 is 1.79 bits per heavy atom. The predicted octanol–water partition coefficient (Wildman–Crippen LogP) is 2.98. The number of sulfone groups is 1. The summed E-state index contributed by atoms with van der Waals surface area (Å²) in [4.78, 5) is 4.35. The van der Waals surface area contributed by atoms with Crippen LogP contribution in [0.1, 0.15) is 24.1 Å². The molecule has 0 bridgehead atoms. The number of pyridine rings is 1. The number of benzene rings is 1. The van der Waals surface area contributed by atoms with E-state index in [-0.39, 0.29) is 10.9 Å². The Morgan fingerprint density at radius 3 is 2.38 bits per heavy atom. The average molecular weight is 350 g/mol. The van der Waals surface area contributed by atoms with E-state index >= 15 is 0 Å². The average Bonchev–Trinajstić information content (AvgIpc) is 2.53. The van der Waals surface area contributed by atoms with Crippen LogP contribution in [0.5, 0.6) is 11.5 Å². The second-order valence-corrected chi connectivity index (χ2v) is 7.54. The molecule has 1 N–H and O–H groups in total. The van der Waals surface area contributed by atoms with Crippen molar-refractivity contribution in [2.45, 2.75) is 24.8 Å². The van der Waals surface area contributed by atoms with Crippen LogP contribution in [0.25, 0.3) is 0 Å². The van der Waals surface area contributed by atoms with Crippen molar-refractivity contribution < 1.29 is 17.9 Å². The van der Waals surface area contributed by atoms with E-state index in [0.29, 0.717) is 17.3 Å². The molecule has 0 spiro atoms. The second-order valence-electron chi connectivity index (χ2n) is 5.55. The predicted molar refractivity (Wildman–Crippen MR) is 93.7 cm³/mol. The van der Waals surface area contributed by atoms with Gasteiger partial charge in [0.2, 0.25) is 0 Å². The fourth-order valence-electron chi connectivity index (χ4n) is 2.54. The van der Waals surface area contributed by atoms with Crippen LogP contribution < -0.4 is 14.8 Å². The molecule has 0 amide bonds. The van der Waals surface area contributed by atoms with Gasteiger partial charge in [-0.3, -0.25) is 0 Å². The lowest BCUT2D eigenvalue weighted by Crippen LogP contribution is -2.13. The lowest BCUT2D eigenvalue weighted by atomic mass is 10.0. The first-order chi connectivity index (χ1) is 11.3. The first-order valence-corrected chi connectivity index (χ1v) is 9.31. The molecule has 0 saturated carbocycles. The van der Waals surface area contributed by atoms with E-state index in [9.17, 15) is 8.42 Å². The highest BCUT2D eigenvalue weighted by Crippen LogP contribution is 2.34. The van der Waals surface area contributed by atoms with Crippen LogP contribution in [0.15, 0.2) is 35.4 Å². The minimum atomic E-state index is -3.36. The van der Waals surface area contributed by atoms with E-state index in [1.807, 2.05) is 26.0 Å². The van der Waals surface area contributed by atoms with Crippen LogP contribution in [0, 0.1) is 6.92 Å². The van der Waals surface area contributed by atoms with Gasteiger partial charge < -0.3 is 14.8 Å². The largest absolute Gasteiger partial charge is 0.493 e. The molecule has 0 fully saturated rings. The van der Waals surface area contributed by atoms with E-state index < -0.39 is 9.84 Å². The summed E-state index contributed by atoms with van der Waals surface area (Å²) in [5, 5.41) is 3.18. The standard InChI is InChI=1S/C17H22N2O4S/c1-11-9-14(22-3)15(23-4)10-13(11)12(2)19-17-16(24(5,20)21)7-6-8-18-17/h6-10,12H,1-5H3,(H,18,19). The normalized spacial score (nSPS) is 12.5. The zero-order valence-corrected chi connectivity index (χ0v) is 15.3. The molecular weight excluding hydrogens is 328 g/mol. The van der Waals surface area contributed by atoms with Crippen molar-refractivity contribution in [3.63, 3.8) is 0 Å². The first-order valence-electron chi connectivity index (χ1n) is 7.42. The summed E-state index contributed by atoms with van der Waals surface area (Å²) >= 11 is 0. The van der Waals surface area contributed by atoms with Crippen molar-refractivity contribution >= 4 is 15.7 Å². The maximum Gasteiger partial charge on any atom is 0.179 e. The Labute approximate surface area is 142 Å². The highest BCUT2D eigenvalue weighted by atomic mass is 32.2. The SMILES string of the molecule is COc1cc(C)c(C(C)Nc2ncccc2S(C)(=O)=O)cc1OC. The van der Waals surface area contributed by atoms with Gasteiger partial charge in [-0.2, -0.15) is 0 Å². The van der Waals surface area contributed by atoms with Gasteiger partial charge in [0, 0.05) is 12.5 Å². The van der Waals surface area contributed by atoms with Gasteiger partial charge >= 0.3 is 0 Å². The summed E-state index contributed by atoms with van der Waals surface area (Å²) in [6.07, 6.45) is 2.73. The molecule has 1 atom stereocenters. The van der Waals surface area contributed by atoms with Crippen molar-refractivity contribution in [3.8, 4) is 11.5 Å². The topological polar surface area (TPSA) is 77.5 Å². The summed E-state index contributed by atoms with van der Waals surface area (Å²) in [6.45, 7) is 3.90. The van der Waals surface area contributed by atoms with Gasteiger partial charge in [-0.15, -0.1) is 0 Å². The third-order valence-electron chi connectivity index (χ3n) is 3.76. The van der Waals surface area contributed by atoms with E-state index in [2.05, 4.69) is 10.3 Å². The third-order valence-corrected chi connectivity index (χ3v) is 4.89. The number of aromatic nitrogens is 1. The van der Waals surface area contributed by atoms with Crippen molar-refractivity contribution in [1.29, 1.82) is 0 Å². The van der Waals surface area contributed by atoms with Crippen LogP contribution in [0.4, 0.5) is 5.82 Å². The molecule has 0 aliphatic heterocycles. The highest BCUT2D eigenvalue weighted by Gasteiger charge is 2.18. The summed E-state index contributed by atoms with van der Waals surface area (Å²) in [7, 11) is -0.197. The molecule has 24 heavy (non-hydrogen) atoms. The van der Waals surface area contributed by atoms with Gasteiger partial charge in [-0.25, -0.2) is 13.4 Å². The molecule has 1 heterocycles. The lowest BCUT2D eigenvalue weighted by molar-refractivity contribution is 0.354. The lowest BCUT2D eigenvalue weighted by Gasteiger charge is -2.20. The summed E-state index contributed by atoms with van der Waals surface area (Å²) in [5.74, 6) is 1.61. The summed E-state index contributed by atoms with van der Waals surface area (Å²) < 4.78 is 34.5. The molecule has 130 valence electrons. The Morgan fingerprint density at radius 1 is 1.17 bits per heavy atom. The molecular formula is C17H22N2O4S. The molecule has 2 aromatic rings. The molecule has 1 aromatic heterocycles. The van der Waals surface area contributed by atoms with E-state index in [4.69, 9.17) is 9.47 Å². The van der Waals surface area contributed by atoms with Gasteiger partial charge in [0.1, 0.15) is 10.7 Å². The Hall–Kier alpha value is -2.28. The molecule has 2 rings (SSSR count). The maximum atomic E-state index is 11.9. The number of nitrogens with zero attached hydrogens (tertiary/aromatic N) is 1. The zero-order chi connectivity index (χ0) is 17.9. The van der Waals surface area contributed by atoms with Crippen molar-refractivity contribution in [2.75, 3.05) is 25.8 Å². The second kappa shape index (κ2) is 7.09. The summed E-state index contributed by atoms with van der Waals surface area (Å²) in [6, 6.07) is 6.75. The summed E-state index contributed by atoms with van der Waals surface area (Å²) in [5.41, 5.74) is 1.97. The highest BCUT2D eigenvalue weighted by molar-refractivity contribution is 7.90. The Kier molecular flexibility index (Phi) is 5.33. The third kappa shape index (κ3) is 3.79. The number of methoxy groups -OCH3 is 2. The van der Waals surface area contributed by atoms with Crippen LogP contribution in [0.2, 0.25) is 0 Å². The number of rotatable bonds is 6. The zero-order valence-electron chi connectivity index (χ0n) is 14.5. The molecule has 0 aliphatic rings. The minimum absolute atomic E-state index is 0.166. The maximum absolute atomic E-state index is 11.9. The number of nitrogens with one attached hydrogen (secondary N) is 1. The van der Waals surface area contributed by atoms with E-state index in [0.717, 1.165) is 11.1 Å². The van der Waals surface area contributed by atoms with Crippen molar-refractivity contribution in [3.05, 3.63) is 41.6 Å². The molecule has 1 aromatic carbocycles. The van der Waals surface area contributed by atoms with Crippen LogP contribution in [-0.4, -0.2) is 33.9 Å². The van der Waals surface area contributed by atoms with Crippen LogP contribution in [-0.2, 0) is 9.84 Å². The monoisotopic (exact) mass is 350 g/mol. The minimum Gasteiger partial charge on any atom is -0.493 e. The van der Waals surface area contributed by atoms with E-state index in [1.54, 1.807) is 32.5 Å². The molecule has 1 unspecified atom stereocenters. The molecule has 7 heteroatoms. The number of ether oxygens (including phenoxy) is 2. The Bertz CT molecular complexity index is 834.